The Morgan fingerprint density at radius 3 is 2.95 bits per heavy atom. The predicted octanol–water partition coefficient (Wildman–Crippen LogP) is 3.62. The molecule has 1 saturated carbocycles. The number of ether oxygens (including phenoxy) is 1. The second-order valence-corrected chi connectivity index (χ2v) is 5.69. The SMILES string of the molecule is CCC1CCCC(OCc2ccc(C#CCN)cc2F)C1. The van der Waals surface area contributed by atoms with E-state index in [1.54, 1.807) is 6.07 Å². The van der Waals surface area contributed by atoms with Gasteiger partial charge in [0.15, 0.2) is 0 Å². The Morgan fingerprint density at radius 1 is 1.38 bits per heavy atom. The van der Waals surface area contributed by atoms with Gasteiger partial charge in [-0.1, -0.05) is 44.1 Å². The van der Waals surface area contributed by atoms with Crippen LogP contribution >= 0.6 is 0 Å². The van der Waals surface area contributed by atoms with Crippen LogP contribution in [0.2, 0.25) is 0 Å². The van der Waals surface area contributed by atoms with E-state index in [0.717, 1.165) is 18.8 Å². The fourth-order valence-corrected chi connectivity index (χ4v) is 2.87. The first-order valence-corrected chi connectivity index (χ1v) is 7.82. The van der Waals surface area contributed by atoms with Crippen molar-refractivity contribution in [2.75, 3.05) is 6.54 Å². The summed E-state index contributed by atoms with van der Waals surface area (Å²) in [7, 11) is 0. The summed E-state index contributed by atoms with van der Waals surface area (Å²) in [5.41, 5.74) is 6.57. The molecule has 2 unspecified atom stereocenters. The lowest BCUT2D eigenvalue weighted by Gasteiger charge is -2.28. The minimum absolute atomic E-state index is 0.248. The normalized spacial score (nSPS) is 21.7. The van der Waals surface area contributed by atoms with Gasteiger partial charge >= 0.3 is 0 Å². The third-order valence-corrected chi connectivity index (χ3v) is 4.17. The number of hydrogen-bond donors (Lipinski definition) is 1. The molecule has 2 nitrogen and oxygen atoms in total. The van der Waals surface area contributed by atoms with E-state index in [0.29, 0.717) is 17.7 Å². The van der Waals surface area contributed by atoms with E-state index >= 15 is 0 Å². The number of benzene rings is 1. The monoisotopic (exact) mass is 289 g/mol. The van der Waals surface area contributed by atoms with Gasteiger partial charge in [0.1, 0.15) is 5.82 Å². The lowest BCUT2D eigenvalue weighted by Crippen LogP contribution is -2.22. The van der Waals surface area contributed by atoms with Crippen molar-refractivity contribution in [3.05, 3.63) is 35.1 Å². The molecular formula is C18H24FNO. The van der Waals surface area contributed by atoms with Crippen LogP contribution in [-0.4, -0.2) is 12.6 Å². The average molecular weight is 289 g/mol. The van der Waals surface area contributed by atoms with Crippen molar-refractivity contribution in [2.45, 2.75) is 51.7 Å². The Bertz CT molecular complexity index is 518. The summed E-state index contributed by atoms with van der Waals surface area (Å²) >= 11 is 0. The molecule has 0 spiro atoms. The zero-order valence-electron chi connectivity index (χ0n) is 12.7. The van der Waals surface area contributed by atoms with Crippen molar-refractivity contribution in [1.82, 2.24) is 0 Å². The van der Waals surface area contributed by atoms with E-state index in [1.165, 1.54) is 25.3 Å². The molecule has 2 atom stereocenters. The maximum Gasteiger partial charge on any atom is 0.129 e. The third kappa shape index (κ3) is 4.84. The second kappa shape index (κ2) is 8.17. The first kappa shape index (κ1) is 16.0. The summed E-state index contributed by atoms with van der Waals surface area (Å²) in [6.45, 7) is 2.86. The summed E-state index contributed by atoms with van der Waals surface area (Å²) in [6.07, 6.45) is 6.22. The fraction of sp³-hybridized carbons (Fsp3) is 0.556. The molecule has 3 heteroatoms. The molecule has 0 heterocycles. The maximum atomic E-state index is 14.0. The topological polar surface area (TPSA) is 35.2 Å². The summed E-state index contributed by atoms with van der Waals surface area (Å²) in [4.78, 5) is 0. The molecule has 1 fully saturated rings. The van der Waals surface area contributed by atoms with E-state index in [4.69, 9.17) is 10.5 Å². The summed E-state index contributed by atoms with van der Waals surface area (Å²) in [6, 6.07) is 5.03. The Kier molecular flexibility index (Phi) is 6.22. The number of nitrogens with two attached hydrogens (primary N) is 1. The highest BCUT2D eigenvalue weighted by molar-refractivity contribution is 5.37. The molecule has 1 aliphatic rings. The van der Waals surface area contributed by atoms with E-state index in [-0.39, 0.29) is 18.5 Å². The molecule has 1 aromatic carbocycles. The van der Waals surface area contributed by atoms with Crippen LogP contribution in [0.5, 0.6) is 0 Å². The van der Waals surface area contributed by atoms with Crippen LogP contribution in [0, 0.1) is 23.6 Å². The van der Waals surface area contributed by atoms with Crippen molar-refractivity contribution >= 4 is 0 Å². The molecular weight excluding hydrogens is 265 g/mol. The molecule has 0 saturated heterocycles. The van der Waals surface area contributed by atoms with Crippen molar-refractivity contribution in [1.29, 1.82) is 0 Å². The highest BCUT2D eigenvalue weighted by Crippen LogP contribution is 2.29. The van der Waals surface area contributed by atoms with Crippen LogP contribution in [0.25, 0.3) is 0 Å². The minimum atomic E-state index is -0.248. The van der Waals surface area contributed by atoms with Crippen molar-refractivity contribution in [3.8, 4) is 11.8 Å². The molecule has 2 N–H and O–H groups in total. The lowest BCUT2D eigenvalue weighted by atomic mass is 9.85. The number of rotatable bonds is 4. The standard InChI is InChI=1S/C18H24FNO/c1-2-14-5-3-7-17(11-14)21-13-16-9-8-15(6-4-10-20)12-18(16)19/h8-9,12,14,17H,2-3,5,7,10-11,13,20H2,1H3. The Balaban J connectivity index is 1.91. The van der Waals surface area contributed by atoms with Gasteiger partial charge in [0, 0.05) is 11.1 Å². The summed E-state index contributed by atoms with van der Waals surface area (Å²) in [5, 5.41) is 0. The summed E-state index contributed by atoms with van der Waals surface area (Å²) in [5.74, 6) is 6.08. The van der Waals surface area contributed by atoms with Gasteiger partial charge in [0.25, 0.3) is 0 Å². The minimum Gasteiger partial charge on any atom is -0.373 e. The molecule has 2 rings (SSSR count). The highest BCUT2D eigenvalue weighted by Gasteiger charge is 2.21. The Labute approximate surface area is 126 Å². The van der Waals surface area contributed by atoms with Gasteiger partial charge in [-0.2, -0.15) is 0 Å². The molecule has 1 aliphatic carbocycles. The Morgan fingerprint density at radius 2 is 2.24 bits per heavy atom. The number of hydrogen-bond acceptors (Lipinski definition) is 2. The predicted molar refractivity (Wildman–Crippen MR) is 83.2 cm³/mol. The van der Waals surface area contributed by atoms with Crippen LogP contribution in [0.1, 0.15) is 50.2 Å². The first-order valence-electron chi connectivity index (χ1n) is 7.82. The highest BCUT2D eigenvalue weighted by atomic mass is 19.1. The zero-order valence-corrected chi connectivity index (χ0v) is 12.7. The van der Waals surface area contributed by atoms with Crippen LogP contribution < -0.4 is 5.73 Å². The average Bonchev–Trinajstić information content (AvgIpc) is 2.52. The van der Waals surface area contributed by atoms with E-state index in [1.807, 2.05) is 6.07 Å². The van der Waals surface area contributed by atoms with Gasteiger partial charge < -0.3 is 10.5 Å². The smallest absolute Gasteiger partial charge is 0.129 e. The van der Waals surface area contributed by atoms with Gasteiger partial charge in [0.2, 0.25) is 0 Å². The van der Waals surface area contributed by atoms with Crippen molar-refractivity contribution < 1.29 is 9.13 Å². The zero-order chi connectivity index (χ0) is 15.1. The lowest BCUT2D eigenvalue weighted by molar-refractivity contribution is 0.000662. The molecule has 0 aromatic heterocycles. The fourth-order valence-electron chi connectivity index (χ4n) is 2.87. The van der Waals surface area contributed by atoms with Gasteiger partial charge in [-0.15, -0.1) is 0 Å². The quantitative estimate of drug-likeness (QED) is 0.859. The molecule has 0 amide bonds. The first-order chi connectivity index (χ1) is 10.2. The molecule has 0 bridgehead atoms. The van der Waals surface area contributed by atoms with Crippen LogP contribution in [0.4, 0.5) is 4.39 Å². The van der Waals surface area contributed by atoms with Crippen molar-refractivity contribution in [2.24, 2.45) is 11.7 Å². The maximum absolute atomic E-state index is 14.0. The van der Waals surface area contributed by atoms with Gasteiger partial charge in [-0.25, -0.2) is 4.39 Å². The molecule has 114 valence electrons. The largest absolute Gasteiger partial charge is 0.373 e. The molecule has 0 aliphatic heterocycles. The third-order valence-electron chi connectivity index (χ3n) is 4.17. The van der Waals surface area contributed by atoms with Gasteiger partial charge in [0.05, 0.1) is 19.3 Å². The van der Waals surface area contributed by atoms with E-state index < -0.39 is 0 Å². The van der Waals surface area contributed by atoms with Crippen LogP contribution in [0.3, 0.4) is 0 Å². The van der Waals surface area contributed by atoms with Crippen molar-refractivity contribution in [3.63, 3.8) is 0 Å². The van der Waals surface area contributed by atoms with E-state index in [9.17, 15) is 4.39 Å². The van der Waals surface area contributed by atoms with Gasteiger partial charge in [-0.3, -0.25) is 0 Å². The second-order valence-electron chi connectivity index (χ2n) is 5.69. The number of halogens is 1. The van der Waals surface area contributed by atoms with Gasteiger partial charge in [-0.05, 0) is 30.9 Å². The summed E-state index contributed by atoms with van der Waals surface area (Å²) < 4.78 is 19.9. The van der Waals surface area contributed by atoms with E-state index in [2.05, 4.69) is 18.8 Å². The molecule has 0 radical (unpaired) electrons. The van der Waals surface area contributed by atoms with Crippen LogP contribution in [0.15, 0.2) is 18.2 Å². The van der Waals surface area contributed by atoms with Crippen LogP contribution in [-0.2, 0) is 11.3 Å². The Hall–Kier alpha value is -1.37. The molecule has 21 heavy (non-hydrogen) atoms. The molecule has 1 aromatic rings.